The number of rotatable bonds is 5. The molecule has 0 bridgehead atoms. The maximum absolute atomic E-state index is 9.26. The molecule has 0 aromatic heterocycles. The Hall–Kier alpha value is -0.160. The fourth-order valence-electron chi connectivity index (χ4n) is 0.464. The van der Waals surface area contributed by atoms with Gasteiger partial charge in [-0.15, -0.1) is 0 Å². The molecule has 3 N–H and O–H groups in total. The van der Waals surface area contributed by atoms with Crippen LogP contribution in [0.3, 0.4) is 0 Å². The zero-order chi connectivity index (χ0) is 8.91. The van der Waals surface area contributed by atoms with Crippen LogP contribution in [0.2, 0.25) is 0 Å². The van der Waals surface area contributed by atoms with Crippen LogP contribution in [-0.2, 0) is 4.74 Å². The first-order valence-electron chi connectivity index (χ1n) is 3.66. The summed E-state index contributed by atoms with van der Waals surface area (Å²) in [4.78, 5) is 0. The van der Waals surface area contributed by atoms with E-state index in [1.54, 1.807) is 0 Å². The first-order valence-corrected chi connectivity index (χ1v) is 3.66. The van der Waals surface area contributed by atoms with Gasteiger partial charge < -0.3 is 20.1 Å². The van der Waals surface area contributed by atoms with Crippen molar-refractivity contribution < 1.29 is 20.1 Å². The van der Waals surface area contributed by atoms with E-state index in [1.807, 2.05) is 0 Å². The van der Waals surface area contributed by atoms with E-state index in [-0.39, 0.29) is 13.2 Å². The third-order valence-corrected chi connectivity index (χ3v) is 1.47. The first-order chi connectivity index (χ1) is 5.00. The fraction of sp³-hybridized carbons (Fsp3) is 1.00. The van der Waals surface area contributed by atoms with Crippen LogP contribution in [0.5, 0.6) is 0 Å². The van der Waals surface area contributed by atoms with Crippen LogP contribution in [0.1, 0.15) is 20.3 Å². The third-order valence-electron chi connectivity index (χ3n) is 1.47. The van der Waals surface area contributed by atoms with Crippen molar-refractivity contribution in [1.82, 2.24) is 0 Å². The third kappa shape index (κ3) is 4.31. The molecule has 0 aliphatic rings. The first kappa shape index (κ1) is 10.8. The van der Waals surface area contributed by atoms with E-state index in [0.29, 0.717) is 6.42 Å². The van der Waals surface area contributed by atoms with Crippen LogP contribution in [0, 0.1) is 0 Å². The SMILES string of the molecule is CC(O)C(C)(O)OCCCO. The minimum Gasteiger partial charge on any atom is -0.396 e. The van der Waals surface area contributed by atoms with Gasteiger partial charge in [-0.1, -0.05) is 0 Å². The van der Waals surface area contributed by atoms with Gasteiger partial charge in [0.1, 0.15) is 6.10 Å². The van der Waals surface area contributed by atoms with Crippen LogP contribution >= 0.6 is 0 Å². The normalized spacial score (nSPS) is 19.4. The second-order valence-corrected chi connectivity index (χ2v) is 2.66. The van der Waals surface area contributed by atoms with E-state index >= 15 is 0 Å². The predicted octanol–water partition coefficient (Wildman–Crippen LogP) is -0.525. The Morgan fingerprint density at radius 3 is 2.45 bits per heavy atom. The lowest BCUT2D eigenvalue weighted by atomic mass is 10.2. The van der Waals surface area contributed by atoms with Crippen LogP contribution in [0.25, 0.3) is 0 Å². The minimum atomic E-state index is -1.50. The molecule has 4 heteroatoms. The highest BCUT2D eigenvalue weighted by atomic mass is 16.6. The summed E-state index contributed by atoms with van der Waals surface area (Å²) < 4.78 is 4.88. The van der Waals surface area contributed by atoms with Crippen molar-refractivity contribution in [3.63, 3.8) is 0 Å². The second-order valence-electron chi connectivity index (χ2n) is 2.66. The fourth-order valence-corrected chi connectivity index (χ4v) is 0.464. The molecule has 0 fully saturated rings. The molecule has 0 aliphatic carbocycles. The van der Waals surface area contributed by atoms with Gasteiger partial charge >= 0.3 is 0 Å². The number of aliphatic hydroxyl groups excluding tert-OH is 2. The Bertz CT molecular complexity index is 101. The lowest BCUT2D eigenvalue weighted by Crippen LogP contribution is -2.40. The molecule has 2 atom stereocenters. The van der Waals surface area contributed by atoms with Gasteiger partial charge in [0.15, 0.2) is 5.79 Å². The van der Waals surface area contributed by atoms with Crippen LogP contribution in [0.4, 0.5) is 0 Å². The average Bonchev–Trinajstić information content (AvgIpc) is 1.88. The Balaban J connectivity index is 3.55. The molecule has 0 aromatic carbocycles. The number of aliphatic hydroxyl groups is 3. The highest BCUT2D eigenvalue weighted by Crippen LogP contribution is 2.10. The quantitative estimate of drug-likeness (QED) is 0.377. The van der Waals surface area contributed by atoms with Gasteiger partial charge in [0, 0.05) is 6.61 Å². The highest BCUT2D eigenvalue weighted by molar-refractivity contribution is 4.66. The smallest absolute Gasteiger partial charge is 0.188 e. The molecule has 2 unspecified atom stereocenters. The van der Waals surface area contributed by atoms with Crippen molar-refractivity contribution in [2.45, 2.75) is 32.2 Å². The Kier molecular flexibility index (Phi) is 4.60. The monoisotopic (exact) mass is 164 g/mol. The molecule has 0 spiro atoms. The van der Waals surface area contributed by atoms with Crippen LogP contribution in [0.15, 0.2) is 0 Å². The number of hydrogen-bond donors (Lipinski definition) is 3. The summed E-state index contributed by atoms with van der Waals surface area (Å²) >= 11 is 0. The van der Waals surface area contributed by atoms with Gasteiger partial charge in [-0.25, -0.2) is 0 Å². The lowest BCUT2D eigenvalue weighted by molar-refractivity contribution is -0.240. The van der Waals surface area contributed by atoms with E-state index in [0.717, 1.165) is 0 Å². The maximum Gasteiger partial charge on any atom is 0.188 e. The van der Waals surface area contributed by atoms with Gasteiger partial charge in [-0.05, 0) is 20.3 Å². The van der Waals surface area contributed by atoms with Crippen LogP contribution in [-0.4, -0.2) is 40.4 Å². The molecule has 0 aliphatic heterocycles. The molecule has 11 heavy (non-hydrogen) atoms. The second kappa shape index (κ2) is 4.66. The van der Waals surface area contributed by atoms with E-state index in [4.69, 9.17) is 14.9 Å². The van der Waals surface area contributed by atoms with Crippen LogP contribution < -0.4 is 0 Å². The molecular formula is C7H16O4. The molecule has 68 valence electrons. The minimum absolute atomic E-state index is 0.0237. The summed E-state index contributed by atoms with van der Waals surface area (Å²) in [6, 6.07) is 0. The zero-order valence-electron chi connectivity index (χ0n) is 6.95. The van der Waals surface area contributed by atoms with Crippen molar-refractivity contribution in [3.05, 3.63) is 0 Å². The van der Waals surface area contributed by atoms with Gasteiger partial charge in [0.2, 0.25) is 0 Å². The van der Waals surface area contributed by atoms with Crippen molar-refractivity contribution in [1.29, 1.82) is 0 Å². The zero-order valence-corrected chi connectivity index (χ0v) is 6.95. The molecule has 0 radical (unpaired) electrons. The highest BCUT2D eigenvalue weighted by Gasteiger charge is 2.26. The average molecular weight is 164 g/mol. The van der Waals surface area contributed by atoms with Gasteiger partial charge in [0.25, 0.3) is 0 Å². The molecule has 4 nitrogen and oxygen atoms in total. The molecule has 0 heterocycles. The molecule has 0 aromatic rings. The summed E-state index contributed by atoms with van der Waals surface area (Å²) in [7, 11) is 0. The van der Waals surface area contributed by atoms with Crippen molar-refractivity contribution >= 4 is 0 Å². The maximum atomic E-state index is 9.26. The summed E-state index contributed by atoms with van der Waals surface area (Å²) in [5.74, 6) is -1.50. The molecule has 0 amide bonds. The predicted molar refractivity (Wildman–Crippen MR) is 40.0 cm³/mol. The van der Waals surface area contributed by atoms with E-state index in [9.17, 15) is 5.11 Å². The standard InChI is InChI=1S/C7H16O4/c1-6(9)7(2,10)11-5-3-4-8/h6,8-10H,3-5H2,1-2H3. The lowest BCUT2D eigenvalue weighted by Gasteiger charge is -2.26. The van der Waals surface area contributed by atoms with E-state index < -0.39 is 11.9 Å². The summed E-state index contributed by atoms with van der Waals surface area (Å²) in [5.41, 5.74) is 0. The van der Waals surface area contributed by atoms with E-state index in [2.05, 4.69) is 0 Å². The molecule has 0 saturated heterocycles. The topological polar surface area (TPSA) is 69.9 Å². The summed E-state index contributed by atoms with van der Waals surface area (Å²) in [6.45, 7) is 3.10. The molecule has 0 saturated carbocycles. The van der Waals surface area contributed by atoms with Gasteiger partial charge in [-0.2, -0.15) is 0 Å². The Labute approximate surface area is 66.4 Å². The summed E-state index contributed by atoms with van der Waals surface area (Å²) in [5, 5.41) is 26.6. The van der Waals surface area contributed by atoms with Gasteiger partial charge in [-0.3, -0.25) is 0 Å². The molecule has 0 rings (SSSR count). The Morgan fingerprint density at radius 1 is 1.55 bits per heavy atom. The van der Waals surface area contributed by atoms with Crippen molar-refractivity contribution in [3.8, 4) is 0 Å². The number of ether oxygens (including phenoxy) is 1. The van der Waals surface area contributed by atoms with Crippen molar-refractivity contribution in [2.75, 3.05) is 13.2 Å². The number of hydrogen-bond acceptors (Lipinski definition) is 4. The molecular weight excluding hydrogens is 148 g/mol. The van der Waals surface area contributed by atoms with Gasteiger partial charge in [0.05, 0.1) is 6.61 Å². The largest absolute Gasteiger partial charge is 0.396 e. The van der Waals surface area contributed by atoms with E-state index in [1.165, 1.54) is 13.8 Å². The summed E-state index contributed by atoms with van der Waals surface area (Å²) in [6.07, 6.45) is -0.468. The van der Waals surface area contributed by atoms with Crippen molar-refractivity contribution in [2.24, 2.45) is 0 Å². The Morgan fingerprint density at radius 2 is 2.09 bits per heavy atom.